The lowest BCUT2D eigenvalue weighted by atomic mass is 10.1. The minimum absolute atomic E-state index is 0.271. The Labute approximate surface area is 115 Å². The van der Waals surface area contributed by atoms with E-state index in [-0.39, 0.29) is 11.6 Å². The fourth-order valence-corrected chi connectivity index (χ4v) is 1.91. The van der Waals surface area contributed by atoms with Gasteiger partial charge in [-0.1, -0.05) is 11.6 Å². The smallest absolute Gasteiger partial charge is 0.132 e. The van der Waals surface area contributed by atoms with E-state index in [4.69, 9.17) is 11.6 Å². The van der Waals surface area contributed by atoms with E-state index in [1.165, 1.54) is 6.07 Å². The van der Waals surface area contributed by atoms with Crippen molar-refractivity contribution in [3.8, 4) is 0 Å². The zero-order valence-electron chi connectivity index (χ0n) is 10.5. The number of nitrogens with one attached hydrogen (secondary N) is 1. The van der Waals surface area contributed by atoms with Gasteiger partial charge in [0, 0.05) is 5.56 Å². The highest BCUT2D eigenvalue weighted by Gasteiger charge is 2.12. The van der Waals surface area contributed by atoms with Gasteiger partial charge in [0.25, 0.3) is 0 Å². The van der Waals surface area contributed by atoms with Crippen LogP contribution in [0, 0.1) is 18.6 Å². The standard InChI is InChI=1S/C14H13ClF2N2/c1-8-5-11(7-18-14(8)15)19-9(2)12-6-10(16)3-4-13(12)17/h3-7,9,19H,1-2H3. The quantitative estimate of drug-likeness (QED) is 0.839. The maximum Gasteiger partial charge on any atom is 0.132 e. The van der Waals surface area contributed by atoms with Crippen molar-refractivity contribution in [2.75, 3.05) is 5.32 Å². The predicted molar refractivity (Wildman–Crippen MR) is 72.4 cm³/mol. The number of benzene rings is 1. The summed E-state index contributed by atoms with van der Waals surface area (Å²) in [6.45, 7) is 3.58. The highest BCUT2D eigenvalue weighted by atomic mass is 35.5. The number of hydrogen-bond donors (Lipinski definition) is 1. The molecule has 1 unspecified atom stereocenters. The fraction of sp³-hybridized carbons (Fsp3) is 0.214. The van der Waals surface area contributed by atoms with Crippen LogP contribution in [0.15, 0.2) is 30.5 Å². The molecule has 2 rings (SSSR count). The Morgan fingerprint density at radius 1 is 1.26 bits per heavy atom. The molecule has 0 radical (unpaired) electrons. The van der Waals surface area contributed by atoms with Crippen LogP contribution in [0.5, 0.6) is 0 Å². The molecule has 0 aliphatic rings. The summed E-state index contributed by atoms with van der Waals surface area (Å²) in [4.78, 5) is 4.00. The molecule has 0 amide bonds. The van der Waals surface area contributed by atoms with Gasteiger partial charge in [-0.25, -0.2) is 13.8 Å². The summed E-state index contributed by atoms with van der Waals surface area (Å²) >= 11 is 5.83. The molecule has 0 fully saturated rings. The third-order valence-electron chi connectivity index (χ3n) is 2.82. The number of rotatable bonds is 3. The van der Waals surface area contributed by atoms with E-state index in [0.717, 1.165) is 17.7 Å². The summed E-state index contributed by atoms with van der Waals surface area (Å²) in [5, 5.41) is 3.49. The van der Waals surface area contributed by atoms with Gasteiger partial charge in [-0.3, -0.25) is 0 Å². The third-order valence-corrected chi connectivity index (χ3v) is 3.22. The lowest BCUT2D eigenvalue weighted by Gasteiger charge is -2.16. The molecule has 0 spiro atoms. The monoisotopic (exact) mass is 282 g/mol. The Morgan fingerprint density at radius 3 is 2.68 bits per heavy atom. The Balaban J connectivity index is 2.22. The number of hydrogen-bond acceptors (Lipinski definition) is 2. The molecule has 5 heteroatoms. The number of nitrogens with zero attached hydrogens (tertiary/aromatic N) is 1. The molecule has 1 N–H and O–H groups in total. The van der Waals surface area contributed by atoms with Gasteiger partial charge < -0.3 is 5.32 Å². The third kappa shape index (κ3) is 3.20. The van der Waals surface area contributed by atoms with Crippen LogP contribution in [-0.2, 0) is 0 Å². The van der Waals surface area contributed by atoms with Crippen molar-refractivity contribution in [3.05, 3.63) is 58.4 Å². The van der Waals surface area contributed by atoms with Crippen molar-refractivity contribution in [1.29, 1.82) is 0 Å². The lowest BCUT2D eigenvalue weighted by molar-refractivity contribution is 0.577. The van der Waals surface area contributed by atoms with Gasteiger partial charge in [-0.2, -0.15) is 0 Å². The first-order chi connectivity index (χ1) is 8.97. The molecule has 19 heavy (non-hydrogen) atoms. The second kappa shape index (κ2) is 5.53. The van der Waals surface area contributed by atoms with Crippen LogP contribution < -0.4 is 5.32 Å². The summed E-state index contributed by atoms with van der Waals surface area (Å²) in [6.07, 6.45) is 1.56. The Morgan fingerprint density at radius 2 is 2.00 bits per heavy atom. The number of anilines is 1. The molecule has 2 aromatic rings. The first kappa shape index (κ1) is 13.7. The minimum atomic E-state index is -0.463. The average Bonchev–Trinajstić information content (AvgIpc) is 2.36. The highest BCUT2D eigenvalue weighted by Crippen LogP contribution is 2.24. The summed E-state index contributed by atoms with van der Waals surface area (Å²) in [7, 11) is 0. The van der Waals surface area contributed by atoms with Crippen molar-refractivity contribution in [2.24, 2.45) is 0 Å². The van der Waals surface area contributed by atoms with E-state index in [2.05, 4.69) is 10.3 Å². The molecular weight excluding hydrogens is 270 g/mol. The second-order valence-corrected chi connectivity index (χ2v) is 4.72. The molecule has 0 saturated carbocycles. The number of aryl methyl sites for hydroxylation is 1. The Kier molecular flexibility index (Phi) is 4.00. The van der Waals surface area contributed by atoms with E-state index < -0.39 is 11.6 Å². The molecule has 0 aliphatic carbocycles. The lowest BCUT2D eigenvalue weighted by Crippen LogP contribution is -2.09. The molecule has 1 heterocycles. The van der Waals surface area contributed by atoms with Crippen molar-refractivity contribution < 1.29 is 8.78 Å². The fourth-order valence-electron chi connectivity index (χ4n) is 1.81. The maximum atomic E-state index is 13.6. The minimum Gasteiger partial charge on any atom is -0.377 e. The molecule has 2 nitrogen and oxygen atoms in total. The average molecular weight is 283 g/mol. The number of halogens is 3. The van der Waals surface area contributed by atoms with Gasteiger partial charge >= 0.3 is 0 Å². The molecular formula is C14H13ClF2N2. The van der Waals surface area contributed by atoms with Crippen LogP contribution in [0.3, 0.4) is 0 Å². The molecule has 100 valence electrons. The normalized spacial score (nSPS) is 12.3. The van der Waals surface area contributed by atoms with Gasteiger partial charge in [0.1, 0.15) is 16.8 Å². The van der Waals surface area contributed by atoms with Crippen LogP contribution in [0.4, 0.5) is 14.5 Å². The van der Waals surface area contributed by atoms with E-state index in [1.807, 2.05) is 13.0 Å². The van der Waals surface area contributed by atoms with Gasteiger partial charge in [0.05, 0.1) is 17.9 Å². The van der Waals surface area contributed by atoms with Crippen LogP contribution in [-0.4, -0.2) is 4.98 Å². The van der Waals surface area contributed by atoms with E-state index >= 15 is 0 Å². The van der Waals surface area contributed by atoms with Crippen LogP contribution in [0.1, 0.15) is 24.1 Å². The summed E-state index contributed by atoms with van der Waals surface area (Å²) in [5.41, 5.74) is 1.80. The zero-order valence-corrected chi connectivity index (χ0v) is 11.3. The summed E-state index contributed by atoms with van der Waals surface area (Å²) < 4.78 is 26.8. The topological polar surface area (TPSA) is 24.9 Å². The van der Waals surface area contributed by atoms with Crippen molar-refractivity contribution in [2.45, 2.75) is 19.9 Å². The predicted octanol–water partition coefficient (Wildman–Crippen LogP) is 4.49. The largest absolute Gasteiger partial charge is 0.377 e. The summed E-state index contributed by atoms with van der Waals surface area (Å²) in [5.74, 6) is -0.907. The van der Waals surface area contributed by atoms with E-state index in [0.29, 0.717) is 10.8 Å². The molecule has 1 aromatic carbocycles. The second-order valence-electron chi connectivity index (χ2n) is 4.36. The summed E-state index contributed by atoms with van der Waals surface area (Å²) in [6, 6.07) is 4.83. The zero-order chi connectivity index (χ0) is 14.0. The molecule has 0 saturated heterocycles. The first-order valence-electron chi connectivity index (χ1n) is 5.81. The van der Waals surface area contributed by atoms with Crippen LogP contribution in [0.2, 0.25) is 5.15 Å². The van der Waals surface area contributed by atoms with Gasteiger partial charge in [-0.05, 0) is 43.7 Å². The maximum absolute atomic E-state index is 13.6. The van der Waals surface area contributed by atoms with Gasteiger partial charge in [-0.15, -0.1) is 0 Å². The SMILES string of the molecule is Cc1cc(NC(C)c2cc(F)ccc2F)cnc1Cl. The van der Waals surface area contributed by atoms with E-state index in [9.17, 15) is 8.78 Å². The Bertz CT molecular complexity index is 602. The van der Waals surface area contributed by atoms with Crippen LogP contribution >= 0.6 is 11.6 Å². The Hall–Kier alpha value is -1.68. The van der Waals surface area contributed by atoms with Crippen molar-refractivity contribution >= 4 is 17.3 Å². The molecule has 1 atom stereocenters. The van der Waals surface area contributed by atoms with Gasteiger partial charge in [0.2, 0.25) is 0 Å². The number of pyridine rings is 1. The van der Waals surface area contributed by atoms with Crippen LogP contribution in [0.25, 0.3) is 0 Å². The first-order valence-corrected chi connectivity index (χ1v) is 6.19. The molecule has 0 bridgehead atoms. The molecule has 0 aliphatic heterocycles. The highest BCUT2D eigenvalue weighted by molar-refractivity contribution is 6.30. The number of aromatic nitrogens is 1. The van der Waals surface area contributed by atoms with Crippen molar-refractivity contribution in [1.82, 2.24) is 4.98 Å². The van der Waals surface area contributed by atoms with Gasteiger partial charge in [0.15, 0.2) is 0 Å². The van der Waals surface area contributed by atoms with Crippen molar-refractivity contribution in [3.63, 3.8) is 0 Å². The molecule has 1 aromatic heterocycles. The van der Waals surface area contributed by atoms with E-state index in [1.54, 1.807) is 13.1 Å².